The first-order chi connectivity index (χ1) is 11.2. The molecule has 126 valence electrons. The predicted molar refractivity (Wildman–Crippen MR) is 88.2 cm³/mol. The van der Waals surface area contributed by atoms with Crippen LogP contribution in [-0.2, 0) is 9.59 Å². The van der Waals surface area contributed by atoms with Crippen LogP contribution in [0.25, 0.3) is 0 Å². The monoisotopic (exact) mass is 338 g/mol. The van der Waals surface area contributed by atoms with Gasteiger partial charge in [-0.15, -0.1) is 0 Å². The molecule has 0 saturated carbocycles. The molecule has 2 saturated heterocycles. The van der Waals surface area contributed by atoms with Gasteiger partial charge in [0.1, 0.15) is 6.26 Å². The van der Waals surface area contributed by atoms with Crippen LogP contribution in [0.15, 0.2) is 16.9 Å². The second kappa shape index (κ2) is 7.83. The number of piperidine rings is 1. The topological polar surface area (TPSA) is 87.5 Å². The Balaban J connectivity index is 1.35. The van der Waals surface area contributed by atoms with E-state index in [1.807, 2.05) is 11.8 Å². The molecule has 1 aromatic heterocycles. The fourth-order valence-electron chi connectivity index (χ4n) is 3.10. The molecule has 0 bridgehead atoms. The van der Waals surface area contributed by atoms with E-state index in [0.717, 1.165) is 32.0 Å². The SMILES string of the molecule is O=C(NCC1CCN([C@H]2CCSC2)CC1)C(=O)Nc1ccon1. The van der Waals surface area contributed by atoms with Gasteiger partial charge < -0.3 is 9.84 Å². The number of likely N-dealkylation sites (tertiary alicyclic amines) is 1. The van der Waals surface area contributed by atoms with Crippen LogP contribution < -0.4 is 10.6 Å². The highest BCUT2D eigenvalue weighted by atomic mass is 32.2. The van der Waals surface area contributed by atoms with Crippen molar-refractivity contribution in [3.8, 4) is 0 Å². The van der Waals surface area contributed by atoms with Crippen molar-refractivity contribution >= 4 is 29.4 Å². The molecule has 0 unspecified atom stereocenters. The zero-order chi connectivity index (χ0) is 16.1. The molecule has 7 nitrogen and oxygen atoms in total. The molecule has 8 heteroatoms. The summed E-state index contributed by atoms with van der Waals surface area (Å²) in [5, 5.41) is 8.64. The normalized spacial score (nSPS) is 22.9. The summed E-state index contributed by atoms with van der Waals surface area (Å²) in [6, 6.07) is 2.23. The molecule has 0 aromatic carbocycles. The predicted octanol–water partition coefficient (Wildman–Crippen LogP) is 0.947. The summed E-state index contributed by atoms with van der Waals surface area (Å²) in [7, 11) is 0. The van der Waals surface area contributed by atoms with Crippen molar-refractivity contribution in [2.24, 2.45) is 5.92 Å². The van der Waals surface area contributed by atoms with Crippen LogP contribution in [-0.4, -0.2) is 59.1 Å². The van der Waals surface area contributed by atoms with Gasteiger partial charge in [0.25, 0.3) is 0 Å². The fraction of sp³-hybridized carbons (Fsp3) is 0.667. The van der Waals surface area contributed by atoms with Crippen molar-refractivity contribution < 1.29 is 14.1 Å². The molecular formula is C15H22N4O3S. The molecule has 3 rings (SSSR count). The molecule has 2 aliphatic heterocycles. The number of hydrogen-bond acceptors (Lipinski definition) is 6. The molecule has 1 aromatic rings. The Bertz CT molecular complexity index is 523. The lowest BCUT2D eigenvalue weighted by Gasteiger charge is -2.35. The van der Waals surface area contributed by atoms with Crippen molar-refractivity contribution in [3.63, 3.8) is 0 Å². The maximum absolute atomic E-state index is 11.8. The number of nitrogens with one attached hydrogen (secondary N) is 2. The molecule has 0 radical (unpaired) electrons. The van der Waals surface area contributed by atoms with Crippen LogP contribution in [0.5, 0.6) is 0 Å². The molecule has 0 aliphatic carbocycles. The molecule has 3 heterocycles. The van der Waals surface area contributed by atoms with Crippen molar-refractivity contribution in [1.29, 1.82) is 0 Å². The van der Waals surface area contributed by atoms with Gasteiger partial charge in [0, 0.05) is 24.4 Å². The molecule has 2 aliphatic rings. The maximum atomic E-state index is 11.8. The van der Waals surface area contributed by atoms with Crippen molar-refractivity contribution in [3.05, 3.63) is 12.3 Å². The second-order valence-electron chi connectivity index (χ2n) is 6.05. The number of rotatable bonds is 4. The quantitative estimate of drug-likeness (QED) is 0.795. The van der Waals surface area contributed by atoms with E-state index in [0.29, 0.717) is 12.5 Å². The number of carbonyl (C=O) groups excluding carboxylic acids is 2. The third-order valence-electron chi connectivity index (χ3n) is 4.51. The molecule has 0 spiro atoms. The molecule has 23 heavy (non-hydrogen) atoms. The van der Waals surface area contributed by atoms with Gasteiger partial charge in [0.05, 0.1) is 0 Å². The first kappa shape index (κ1) is 16.3. The molecular weight excluding hydrogens is 316 g/mol. The van der Waals surface area contributed by atoms with Crippen LogP contribution in [0.2, 0.25) is 0 Å². The first-order valence-corrected chi connectivity index (χ1v) is 9.19. The average Bonchev–Trinajstić information content (AvgIpc) is 3.26. The Hall–Kier alpha value is -1.54. The Labute approximate surface area is 139 Å². The summed E-state index contributed by atoms with van der Waals surface area (Å²) < 4.78 is 4.60. The zero-order valence-corrected chi connectivity index (χ0v) is 13.8. The highest BCUT2D eigenvalue weighted by Gasteiger charge is 2.27. The van der Waals surface area contributed by atoms with E-state index >= 15 is 0 Å². The van der Waals surface area contributed by atoms with Crippen molar-refractivity contribution in [2.45, 2.75) is 25.3 Å². The highest BCUT2D eigenvalue weighted by Crippen LogP contribution is 2.26. The lowest BCUT2D eigenvalue weighted by molar-refractivity contribution is -0.136. The van der Waals surface area contributed by atoms with Gasteiger partial charge >= 0.3 is 11.8 Å². The van der Waals surface area contributed by atoms with E-state index in [-0.39, 0.29) is 5.82 Å². The summed E-state index contributed by atoms with van der Waals surface area (Å²) in [5.74, 6) is 1.89. The van der Waals surface area contributed by atoms with E-state index in [1.165, 1.54) is 30.3 Å². The Kier molecular flexibility index (Phi) is 5.56. The molecule has 2 N–H and O–H groups in total. The third kappa shape index (κ3) is 4.48. The highest BCUT2D eigenvalue weighted by molar-refractivity contribution is 7.99. The number of nitrogens with zero attached hydrogens (tertiary/aromatic N) is 2. The van der Waals surface area contributed by atoms with E-state index in [4.69, 9.17) is 0 Å². The minimum absolute atomic E-state index is 0.243. The fourth-order valence-corrected chi connectivity index (χ4v) is 4.35. The van der Waals surface area contributed by atoms with Crippen LogP contribution in [0.4, 0.5) is 5.82 Å². The third-order valence-corrected chi connectivity index (χ3v) is 5.65. The lowest BCUT2D eigenvalue weighted by atomic mass is 9.95. The summed E-state index contributed by atoms with van der Waals surface area (Å²) in [5.41, 5.74) is 0. The van der Waals surface area contributed by atoms with Gasteiger partial charge in [-0.05, 0) is 44.0 Å². The summed E-state index contributed by atoms with van der Waals surface area (Å²) in [6.45, 7) is 2.74. The van der Waals surface area contributed by atoms with Crippen LogP contribution in [0.3, 0.4) is 0 Å². The van der Waals surface area contributed by atoms with E-state index < -0.39 is 11.8 Å². The Morgan fingerprint density at radius 3 is 2.78 bits per heavy atom. The minimum Gasteiger partial charge on any atom is -0.363 e. The van der Waals surface area contributed by atoms with Gasteiger partial charge in [-0.2, -0.15) is 11.8 Å². The minimum atomic E-state index is -0.709. The van der Waals surface area contributed by atoms with E-state index in [2.05, 4.69) is 25.2 Å². The summed E-state index contributed by atoms with van der Waals surface area (Å²) in [6.07, 6.45) is 4.79. The zero-order valence-electron chi connectivity index (χ0n) is 13.0. The number of thioether (sulfide) groups is 1. The van der Waals surface area contributed by atoms with Crippen LogP contribution in [0, 0.1) is 5.92 Å². The summed E-state index contributed by atoms with van der Waals surface area (Å²) >= 11 is 2.04. The largest absolute Gasteiger partial charge is 0.363 e. The average molecular weight is 338 g/mol. The van der Waals surface area contributed by atoms with Gasteiger partial charge in [-0.25, -0.2) is 0 Å². The van der Waals surface area contributed by atoms with Crippen LogP contribution in [0.1, 0.15) is 19.3 Å². The standard InChI is InChI=1S/C15H22N4O3S/c20-14(15(21)17-13-3-7-22-18-13)16-9-11-1-5-19(6-2-11)12-4-8-23-10-12/h3,7,11-12H,1-2,4-6,8-10H2,(H,16,20)(H,17,18,21)/t12-/m0/s1. The Morgan fingerprint density at radius 1 is 1.30 bits per heavy atom. The smallest absolute Gasteiger partial charge is 0.314 e. The number of amides is 2. The van der Waals surface area contributed by atoms with E-state index in [1.54, 1.807) is 0 Å². The van der Waals surface area contributed by atoms with Gasteiger partial charge in [0.15, 0.2) is 5.82 Å². The molecule has 2 amide bonds. The van der Waals surface area contributed by atoms with Crippen molar-refractivity contribution in [1.82, 2.24) is 15.4 Å². The van der Waals surface area contributed by atoms with Crippen LogP contribution >= 0.6 is 11.8 Å². The first-order valence-electron chi connectivity index (χ1n) is 8.03. The lowest BCUT2D eigenvalue weighted by Crippen LogP contribution is -2.45. The number of hydrogen-bond donors (Lipinski definition) is 2. The number of anilines is 1. The Morgan fingerprint density at radius 2 is 2.13 bits per heavy atom. The van der Waals surface area contributed by atoms with Gasteiger partial charge in [-0.1, -0.05) is 5.16 Å². The van der Waals surface area contributed by atoms with E-state index in [9.17, 15) is 9.59 Å². The second-order valence-corrected chi connectivity index (χ2v) is 7.20. The number of aromatic nitrogens is 1. The van der Waals surface area contributed by atoms with Crippen molar-refractivity contribution in [2.75, 3.05) is 36.5 Å². The molecule has 1 atom stereocenters. The maximum Gasteiger partial charge on any atom is 0.314 e. The summed E-state index contributed by atoms with van der Waals surface area (Å²) in [4.78, 5) is 26.1. The van der Waals surface area contributed by atoms with Gasteiger partial charge in [-0.3, -0.25) is 19.8 Å². The number of carbonyl (C=O) groups is 2. The molecule has 2 fully saturated rings. The van der Waals surface area contributed by atoms with Gasteiger partial charge in [0.2, 0.25) is 0 Å².